The van der Waals surface area contributed by atoms with Crippen LogP contribution in [0.5, 0.6) is 0 Å². The van der Waals surface area contributed by atoms with Gasteiger partial charge in [-0.25, -0.2) is 0 Å². The van der Waals surface area contributed by atoms with Crippen LogP contribution >= 0.6 is 11.6 Å². The summed E-state index contributed by atoms with van der Waals surface area (Å²) in [6.45, 7) is 18.4. The lowest BCUT2D eigenvalue weighted by atomic mass is 9.64. The highest BCUT2D eigenvalue weighted by Gasteiger charge is 2.41. The van der Waals surface area contributed by atoms with E-state index in [1.165, 1.54) is 97.1 Å². The molecule has 5 heteroatoms. The van der Waals surface area contributed by atoms with E-state index in [1.807, 2.05) is 0 Å². The van der Waals surface area contributed by atoms with Gasteiger partial charge < -0.3 is 15.5 Å². The Morgan fingerprint density at radius 3 is 2.43 bits per heavy atom. The third-order valence-electron chi connectivity index (χ3n) is 9.83. The van der Waals surface area contributed by atoms with Crippen molar-refractivity contribution in [3.63, 3.8) is 0 Å². The van der Waals surface area contributed by atoms with Crippen molar-refractivity contribution < 1.29 is 0 Å². The molecule has 0 bridgehead atoms. The molecule has 1 saturated carbocycles. The summed E-state index contributed by atoms with van der Waals surface area (Å²) in [5, 5.41) is 8.26. The highest BCUT2D eigenvalue weighted by atomic mass is 35.5. The van der Waals surface area contributed by atoms with E-state index in [9.17, 15) is 0 Å². The molecule has 4 atom stereocenters. The van der Waals surface area contributed by atoms with E-state index in [2.05, 4.69) is 60.3 Å². The van der Waals surface area contributed by atoms with Crippen LogP contribution in [-0.4, -0.2) is 73.2 Å². The van der Waals surface area contributed by atoms with E-state index >= 15 is 0 Å². The first-order valence-corrected chi connectivity index (χ1v) is 15.4. The SMILES string of the molecule is CC(C)[C@H](CN1CC[C@H](C2CCC(Cl)CC2)C(C)(C)C1)NC[C@@H]1CCN(CNC2CC=CCC2)C1. The molecule has 2 heterocycles. The molecule has 0 amide bonds. The molecule has 4 aliphatic rings. The first kappa shape index (κ1) is 27.9. The van der Waals surface area contributed by atoms with Crippen LogP contribution in [0.1, 0.15) is 85.5 Å². The van der Waals surface area contributed by atoms with Gasteiger partial charge in [-0.1, -0.05) is 39.8 Å². The lowest BCUT2D eigenvalue weighted by Crippen LogP contribution is -2.53. The van der Waals surface area contributed by atoms with Crippen molar-refractivity contribution in [2.75, 3.05) is 45.9 Å². The zero-order valence-corrected chi connectivity index (χ0v) is 24.0. The molecule has 2 aliphatic carbocycles. The van der Waals surface area contributed by atoms with Crippen LogP contribution in [0.25, 0.3) is 0 Å². The smallest absolute Gasteiger partial charge is 0.0482 e. The first-order chi connectivity index (χ1) is 16.8. The van der Waals surface area contributed by atoms with Crippen molar-refractivity contribution >= 4 is 11.6 Å². The third kappa shape index (κ3) is 8.18. The number of alkyl halides is 1. The van der Waals surface area contributed by atoms with E-state index < -0.39 is 0 Å². The van der Waals surface area contributed by atoms with Crippen LogP contribution in [0.15, 0.2) is 12.2 Å². The number of allylic oxidation sites excluding steroid dienone is 1. The number of nitrogens with zero attached hydrogens (tertiary/aromatic N) is 2. The van der Waals surface area contributed by atoms with E-state index in [0.29, 0.717) is 28.8 Å². The van der Waals surface area contributed by atoms with Crippen LogP contribution < -0.4 is 10.6 Å². The fraction of sp³-hybridized carbons (Fsp3) is 0.933. The largest absolute Gasteiger partial charge is 0.312 e. The van der Waals surface area contributed by atoms with Gasteiger partial charge >= 0.3 is 0 Å². The van der Waals surface area contributed by atoms with Crippen molar-refractivity contribution in [1.29, 1.82) is 0 Å². The molecule has 0 aromatic carbocycles. The summed E-state index contributed by atoms with van der Waals surface area (Å²) in [5.41, 5.74) is 0.413. The highest BCUT2D eigenvalue weighted by Crippen LogP contribution is 2.45. The molecule has 0 spiro atoms. The minimum atomic E-state index is 0.413. The van der Waals surface area contributed by atoms with Gasteiger partial charge in [0, 0.05) is 43.8 Å². The number of hydrogen-bond donors (Lipinski definition) is 2. The summed E-state index contributed by atoms with van der Waals surface area (Å²) in [6, 6.07) is 1.28. The van der Waals surface area contributed by atoms with Crippen LogP contribution in [0.3, 0.4) is 0 Å². The Morgan fingerprint density at radius 1 is 0.971 bits per heavy atom. The Morgan fingerprint density at radius 2 is 1.74 bits per heavy atom. The molecule has 2 aliphatic heterocycles. The Labute approximate surface area is 222 Å². The van der Waals surface area contributed by atoms with Crippen LogP contribution in [0, 0.1) is 29.1 Å². The molecule has 4 nitrogen and oxygen atoms in total. The summed E-state index contributed by atoms with van der Waals surface area (Å²) in [7, 11) is 0. The Bertz CT molecular complexity index is 657. The quantitative estimate of drug-likeness (QED) is 0.293. The van der Waals surface area contributed by atoms with E-state index in [-0.39, 0.29) is 0 Å². The van der Waals surface area contributed by atoms with Gasteiger partial charge in [0.15, 0.2) is 0 Å². The van der Waals surface area contributed by atoms with Gasteiger partial charge in [-0.3, -0.25) is 4.90 Å². The van der Waals surface area contributed by atoms with Crippen molar-refractivity contribution in [1.82, 2.24) is 20.4 Å². The Balaban J connectivity index is 1.18. The number of rotatable bonds is 10. The molecule has 0 aromatic heterocycles. The first-order valence-electron chi connectivity index (χ1n) is 15.0. The number of likely N-dealkylation sites (tertiary alicyclic amines) is 2. The predicted molar refractivity (Wildman–Crippen MR) is 151 cm³/mol. The summed E-state index contributed by atoms with van der Waals surface area (Å²) in [5.74, 6) is 3.24. The minimum Gasteiger partial charge on any atom is -0.312 e. The van der Waals surface area contributed by atoms with E-state index in [1.54, 1.807) is 0 Å². The number of halogens is 1. The molecule has 4 rings (SSSR count). The summed E-state index contributed by atoms with van der Waals surface area (Å²) < 4.78 is 0. The van der Waals surface area contributed by atoms with Gasteiger partial charge in [-0.2, -0.15) is 0 Å². The second-order valence-corrected chi connectivity index (χ2v) is 14.1. The molecule has 1 unspecified atom stereocenters. The zero-order chi connectivity index (χ0) is 24.8. The fourth-order valence-corrected chi connectivity index (χ4v) is 7.82. The molecular formula is C30H55ClN4. The standard InChI is InChI=1S/C30H55ClN4/c1-23(2)29(32-18-24-14-16-35(19-24)22-33-27-8-6-5-7-9-27)20-34-17-15-28(30(3,4)21-34)25-10-12-26(31)13-11-25/h5-6,23-29,32-33H,7-22H2,1-4H3/t24-,25?,26?,27?,28+,29-/m0/s1. The number of piperidine rings is 1. The van der Waals surface area contributed by atoms with Gasteiger partial charge in [-0.15, -0.1) is 11.6 Å². The zero-order valence-electron chi connectivity index (χ0n) is 23.3. The van der Waals surface area contributed by atoms with Crippen molar-refractivity contribution in [2.24, 2.45) is 29.1 Å². The monoisotopic (exact) mass is 506 g/mol. The second-order valence-electron chi connectivity index (χ2n) is 13.5. The van der Waals surface area contributed by atoms with Crippen molar-refractivity contribution in [3.05, 3.63) is 12.2 Å². The molecule has 3 fully saturated rings. The summed E-state index contributed by atoms with van der Waals surface area (Å²) >= 11 is 6.41. The normalized spacial score (nSPS) is 35.5. The molecule has 202 valence electrons. The number of hydrogen-bond acceptors (Lipinski definition) is 4. The third-order valence-corrected chi connectivity index (χ3v) is 10.3. The van der Waals surface area contributed by atoms with Crippen LogP contribution in [0.2, 0.25) is 0 Å². The maximum atomic E-state index is 6.41. The molecule has 0 aromatic rings. The number of nitrogens with one attached hydrogen (secondary N) is 2. The fourth-order valence-electron chi connectivity index (χ4n) is 7.56. The minimum absolute atomic E-state index is 0.413. The molecule has 2 saturated heterocycles. The maximum Gasteiger partial charge on any atom is 0.0482 e. The van der Waals surface area contributed by atoms with Crippen LogP contribution in [-0.2, 0) is 0 Å². The van der Waals surface area contributed by atoms with Gasteiger partial charge in [-0.05, 0) is 107 Å². The summed E-state index contributed by atoms with van der Waals surface area (Å²) in [4.78, 5) is 5.42. The van der Waals surface area contributed by atoms with Gasteiger partial charge in [0.25, 0.3) is 0 Å². The molecule has 2 N–H and O–H groups in total. The van der Waals surface area contributed by atoms with Gasteiger partial charge in [0.1, 0.15) is 0 Å². The average Bonchev–Trinajstić information content (AvgIpc) is 3.29. The topological polar surface area (TPSA) is 30.5 Å². The van der Waals surface area contributed by atoms with E-state index in [0.717, 1.165) is 24.4 Å². The Hall–Kier alpha value is -0.130. The van der Waals surface area contributed by atoms with Gasteiger partial charge in [0.05, 0.1) is 0 Å². The van der Waals surface area contributed by atoms with Crippen molar-refractivity contribution in [2.45, 2.75) is 103 Å². The summed E-state index contributed by atoms with van der Waals surface area (Å²) in [6.07, 6.45) is 16.3. The molecule has 0 radical (unpaired) electrons. The second kappa shape index (κ2) is 13.1. The molecular weight excluding hydrogens is 452 g/mol. The van der Waals surface area contributed by atoms with E-state index in [4.69, 9.17) is 11.6 Å². The Kier molecular flexibility index (Phi) is 10.4. The highest BCUT2D eigenvalue weighted by molar-refractivity contribution is 6.20. The molecule has 35 heavy (non-hydrogen) atoms. The lowest BCUT2D eigenvalue weighted by Gasteiger charge is -2.49. The van der Waals surface area contributed by atoms with Gasteiger partial charge in [0.2, 0.25) is 0 Å². The van der Waals surface area contributed by atoms with Crippen LogP contribution in [0.4, 0.5) is 0 Å². The maximum absolute atomic E-state index is 6.41. The average molecular weight is 507 g/mol. The predicted octanol–water partition coefficient (Wildman–Crippen LogP) is 5.72. The van der Waals surface area contributed by atoms with Crippen molar-refractivity contribution in [3.8, 4) is 0 Å². The lowest BCUT2D eigenvalue weighted by molar-refractivity contribution is 0.00468.